The number of aliphatic hydroxyl groups excluding tert-OH is 1. The molecule has 1 N–H and O–H groups in total. The molecule has 0 bridgehead atoms. The van der Waals surface area contributed by atoms with Gasteiger partial charge in [-0.3, -0.25) is 0 Å². The number of hydrogen-bond donors (Lipinski definition) is 1. The molecule has 0 aromatic carbocycles. The van der Waals surface area contributed by atoms with Gasteiger partial charge in [-0.2, -0.15) is 0 Å². The zero-order chi connectivity index (χ0) is 21.0. The first kappa shape index (κ1) is 22.2. The van der Waals surface area contributed by atoms with Gasteiger partial charge in [0, 0.05) is 0 Å². The van der Waals surface area contributed by atoms with Crippen LogP contribution in [0.4, 0.5) is 0 Å². The molecule has 4 aliphatic carbocycles. The van der Waals surface area contributed by atoms with Crippen LogP contribution in [0.5, 0.6) is 0 Å². The smallest absolute Gasteiger partial charge is 0.0543 e. The zero-order valence-electron chi connectivity index (χ0n) is 20.4. The molecule has 0 aromatic heterocycles. The van der Waals surface area contributed by atoms with Crippen LogP contribution in [0.1, 0.15) is 112 Å². The van der Waals surface area contributed by atoms with Crippen molar-refractivity contribution in [3.8, 4) is 0 Å². The Morgan fingerprint density at radius 3 is 2.21 bits per heavy atom. The fraction of sp³-hybridized carbons (Fsp3) is 1.00. The SMILES string of the molecule is CC(C)C(C)CC[C@@H](C)[C@H]1CC[C@H]2[C@@H]3CCC4C[C@H](O)CC[C@]4(C)[C@H]3CC[C@]12C. The molecule has 4 saturated carbocycles. The Morgan fingerprint density at radius 1 is 0.793 bits per heavy atom. The van der Waals surface area contributed by atoms with Crippen molar-refractivity contribution in [3.63, 3.8) is 0 Å². The third-order valence-corrected chi connectivity index (χ3v) is 11.6. The van der Waals surface area contributed by atoms with Gasteiger partial charge in [0.25, 0.3) is 0 Å². The van der Waals surface area contributed by atoms with E-state index in [0.717, 1.165) is 60.2 Å². The highest BCUT2D eigenvalue weighted by Gasteiger charge is 2.60. The first-order chi connectivity index (χ1) is 13.7. The second kappa shape index (κ2) is 8.14. The maximum atomic E-state index is 10.3. The molecule has 10 atom stereocenters. The highest BCUT2D eigenvalue weighted by Crippen LogP contribution is 2.68. The molecule has 29 heavy (non-hydrogen) atoms. The van der Waals surface area contributed by atoms with Gasteiger partial charge in [-0.25, -0.2) is 0 Å². The van der Waals surface area contributed by atoms with Gasteiger partial charge < -0.3 is 5.11 Å². The molecule has 1 heteroatoms. The van der Waals surface area contributed by atoms with Crippen molar-refractivity contribution in [2.24, 2.45) is 58.2 Å². The van der Waals surface area contributed by atoms with Crippen molar-refractivity contribution in [2.45, 2.75) is 118 Å². The lowest BCUT2D eigenvalue weighted by Gasteiger charge is -2.61. The van der Waals surface area contributed by atoms with Gasteiger partial charge in [-0.05, 0) is 116 Å². The summed E-state index contributed by atoms with van der Waals surface area (Å²) >= 11 is 0. The normalized spacial score (nSPS) is 49.2. The minimum absolute atomic E-state index is 0.0107. The second-order valence-electron chi connectivity index (χ2n) is 13.1. The molecule has 2 unspecified atom stereocenters. The van der Waals surface area contributed by atoms with Crippen LogP contribution in [-0.2, 0) is 0 Å². The summed E-state index contributed by atoms with van der Waals surface area (Å²) in [6, 6.07) is 0. The molecule has 0 aliphatic heterocycles. The predicted octanol–water partition coefficient (Wildman–Crippen LogP) is 7.71. The van der Waals surface area contributed by atoms with Crippen LogP contribution in [-0.4, -0.2) is 11.2 Å². The van der Waals surface area contributed by atoms with Crippen LogP contribution < -0.4 is 0 Å². The van der Waals surface area contributed by atoms with Crippen molar-refractivity contribution in [2.75, 3.05) is 0 Å². The first-order valence-corrected chi connectivity index (χ1v) is 13.3. The van der Waals surface area contributed by atoms with Gasteiger partial charge >= 0.3 is 0 Å². The van der Waals surface area contributed by atoms with Gasteiger partial charge in [0.15, 0.2) is 0 Å². The minimum Gasteiger partial charge on any atom is -0.393 e. The molecule has 0 radical (unpaired) electrons. The Morgan fingerprint density at radius 2 is 1.48 bits per heavy atom. The number of hydrogen-bond acceptors (Lipinski definition) is 1. The van der Waals surface area contributed by atoms with Crippen LogP contribution >= 0.6 is 0 Å². The van der Waals surface area contributed by atoms with E-state index in [0.29, 0.717) is 10.8 Å². The molecule has 0 heterocycles. The predicted molar refractivity (Wildman–Crippen MR) is 124 cm³/mol. The van der Waals surface area contributed by atoms with E-state index in [9.17, 15) is 5.11 Å². The topological polar surface area (TPSA) is 20.2 Å². The molecule has 0 spiro atoms. The van der Waals surface area contributed by atoms with E-state index >= 15 is 0 Å². The summed E-state index contributed by atoms with van der Waals surface area (Å²) in [5.74, 6) is 7.28. The van der Waals surface area contributed by atoms with Crippen molar-refractivity contribution < 1.29 is 5.11 Å². The van der Waals surface area contributed by atoms with Crippen LogP contribution in [0.2, 0.25) is 0 Å². The fourth-order valence-corrected chi connectivity index (χ4v) is 9.27. The molecule has 0 saturated heterocycles. The molecule has 4 aliphatic rings. The lowest BCUT2D eigenvalue weighted by atomic mass is 9.44. The maximum Gasteiger partial charge on any atom is 0.0543 e. The molecule has 4 fully saturated rings. The number of rotatable bonds is 5. The van der Waals surface area contributed by atoms with Crippen molar-refractivity contribution in [3.05, 3.63) is 0 Å². The number of aliphatic hydroxyl groups is 1. The monoisotopic (exact) mass is 402 g/mol. The van der Waals surface area contributed by atoms with Crippen LogP contribution in [0.25, 0.3) is 0 Å². The molecule has 0 aromatic rings. The Hall–Kier alpha value is -0.0400. The van der Waals surface area contributed by atoms with E-state index in [2.05, 4.69) is 41.5 Å². The summed E-state index contributed by atoms with van der Waals surface area (Å²) in [6.07, 6.45) is 15.1. The standard InChI is InChI=1S/C28H50O/c1-18(2)19(3)7-8-20(4)24-11-12-25-23-10-9-21-17-22(29)13-15-27(21,5)26(23)14-16-28(24,25)6/h18-26,29H,7-17H2,1-6H3/t19?,20-,21?,22-,23+,24-,25+,26+,27+,28-/m1/s1. The number of fused-ring (bicyclic) bond motifs is 5. The van der Waals surface area contributed by atoms with Crippen molar-refractivity contribution >= 4 is 0 Å². The molecule has 1 nitrogen and oxygen atoms in total. The van der Waals surface area contributed by atoms with Gasteiger partial charge in [0.2, 0.25) is 0 Å². The summed E-state index contributed by atoms with van der Waals surface area (Å²) in [6.45, 7) is 15.2. The van der Waals surface area contributed by atoms with Gasteiger partial charge in [-0.1, -0.05) is 54.4 Å². The largest absolute Gasteiger partial charge is 0.393 e. The van der Waals surface area contributed by atoms with E-state index in [1.165, 1.54) is 57.8 Å². The van der Waals surface area contributed by atoms with Crippen LogP contribution in [0.15, 0.2) is 0 Å². The van der Waals surface area contributed by atoms with Crippen molar-refractivity contribution in [1.82, 2.24) is 0 Å². The third kappa shape index (κ3) is 3.74. The zero-order valence-corrected chi connectivity index (χ0v) is 20.4. The molecular weight excluding hydrogens is 352 g/mol. The average Bonchev–Trinajstić information content (AvgIpc) is 3.03. The van der Waals surface area contributed by atoms with E-state index in [1.807, 2.05) is 0 Å². The summed E-state index contributed by atoms with van der Waals surface area (Å²) in [5, 5.41) is 10.3. The fourth-order valence-electron chi connectivity index (χ4n) is 9.27. The summed E-state index contributed by atoms with van der Waals surface area (Å²) < 4.78 is 0. The lowest BCUT2D eigenvalue weighted by Crippen LogP contribution is -2.54. The quantitative estimate of drug-likeness (QED) is 0.499. The van der Waals surface area contributed by atoms with E-state index < -0.39 is 0 Å². The van der Waals surface area contributed by atoms with Gasteiger partial charge in [0.05, 0.1) is 6.10 Å². The Labute approximate surface area is 181 Å². The summed E-state index contributed by atoms with van der Waals surface area (Å²) in [5.41, 5.74) is 1.14. The minimum atomic E-state index is -0.0107. The summed E-state index contributed by atoms with van der Waals surface area (Å²) in [7, 11) is 0. The Balaban J connectivity index is 1.46. The van der Waals surface area contributed by atoms with E-state index in [1.54, 1.807) is 0 Å². The van der Waals surface area contributed by atoms with Crippen LogP contribution in [0, 0.1) is 58.2 Å². The summed E-state index contributed by atoms with van der Waals surface area (Å²) in [4.78, 5) is 0. The molecular formula is C28H50O. The Bertz CT molecular complexity index is 569. The highest BCUT2D eigenvalue weighted by atomic mass is 16.3. The highest BCUT2D eigenvalue weighted by molar-refractivity contribution is 5.09. The first-order valence-electron chi connectivity index (χ1n) is 13.3. The van der Waals surface area contributed by atoms with Gasteiger partial charge in [-0.15, -0.1) is 0 Å². The second-order valence-corrected chi connectivity index (χ2v) is 13.1. The van der Waals surface area contributed by atoms with Crippen LogP contribution in [0.3, 0.4) is 0 Å². The average molecular weight is 403 g/mol. The maximum absolute atomic E-state index is 10.3. The van der Waals surface area contributed by atoms with Crippen molar-refractivity contribution in [1.29, 1.82) is 0 Å². The lowest BCUT2D eigenvalue weighted by molar-refractivity contribution is -0.129. The molecule has 4 rings (SSSR count). The van der Waals surface area contributed by atoms with E-state index in [-0.39, 0.29) is 6.10 Å². The van der Waals surface area contributed by atoms with E-state index in [4.69, 9.17) is 0 Å². The molecule has 0 amide bonds. The third-order valence-electron chi connectivity index (χ3n) is 11.6. The van der Waals surface area contributed by atoms with Gasteiger partial charge in [0.1, 0.15) is 0 Å². The Kier molecular flexibility index (Phi) is 6.22. The molecule has 168 valence electrons.